The topological polar surface area (TPSA) is 76.8 Å². The fraction of sp³-hybridized carbons (Fsp3) is 0.292. The van der Waals surface area contributed by atoms with E-state index in [4.69, 9.17) is 0 Å². The maximum Gasteiger partial charge on any atom is 0.410 e. The van der Waals surface area contributed by atoms with Crippen LogP contribution in [0.3, 0.4) is 0 Å². The largest absolute Gasteiger partial charge is 0.410 e. The normalized spacial score (nSPS) is 17.5. The Balaban J connectivity index is 1.42. The molecule has 7 nitrogen and oxygen atoms in total. The lowest BCUT2D eigenvalue weighted by molar-refractivity contribution is -0.173. The molecule has 0 saturated carbocycles. The summed E-state index contributed by atoms with van der Waals surface area (Å²) in [5, 5.41) is 16.1. The van der Waals surface area contributed by atoms with Crippen molar-refractivity contribution in [2.75, 3.05) is 10.6 Å². The number of fused-ring (bicyclic) bond motifs is 1. The van der Waals surface area contributed by atoms with Crippen molar-refractivity contribution in [3.8, 4) is 0 Å². The average molecular weight is 519 g/mol. The predicted molar refractivity (Wildman–Crippen MR) is 128 cm³/mol. The van der Waals surface area contributed by atoms with Gasteiger partial charge in [-0.3, -0.25) is 9.48 Å². The second kappa shape index (κ2) is 9.08. The summed E-state index contributed by atoms with van der Waals surface area (Å²) in [6.45, 7) is 3.86. The minimum absolute atomic E-state index is 0.00981. The molecule has 0 radical (unpaired) electrons. The number of carbonyl (C=O) groups is 1. The molecule has 2 N–H and O–H groups in total. The molecule has 0 aliphatic carbocycles. The van der Waals surface area contributed by atoms with Crippen LogP contribution in [0.2, 0.25) is 0 Å². The minimum atomic E-state index is -4.53. The zero-order chi connectivity index (χ0) is 25.6. The SMILES string of the molecule is Cc1nn(Cc2ccc(F)cc2)c(C)c1NC(=O)c1cnn2c1N[C@@H](c1cccs1)C[C@@H]2C(F)(F)F. The van der Waals surface area contributed by atoms with Gasteiger partial charge < -0.3 is 10.6 Å². The third kappa shape index (κ3) is 4.48. The summed E-state index contributed by atoms with van der Waals surface area (Å²) in [5.41, 5.74) is 2.49. The first kappa shape index (κ1) is 24.0. The number of nitrogens with one attached hydrogen (secondary N) is 2. The Bertz CT molecular complexity index is 1390. The molecule has 0 spiro atoms. The molecule has 1 aliphatic heterocycles. The number of hydrogen-bond acceptors (Lipinski definition) is 5. The van der Waals surface area contributed by atoms with E-state index in [2.05, 4.69) is 20.8 Å². The van der Waals surface area contributed by atoms with Gasteiger partial charge in [0.1, 0.15) is 17.2 Å². The van der Waals surface area contributed by atoms with E-state index in [0.29, 0.717) is 23.6 Å². The highest BCUT2D eigenvalue weighted by Gasteiger charge is 2.47. The van der Waals surface area contributed by atoms with Crippen molar-refractivity contribution >= 4 is 28.7 Å². The summed E-state index contributed by atoms with van der Waals surface area (Å²) in [6, 6.07) is 7.10. The van der Waals surface area contributed by atoms with Gasteiger partial charge in [0.25, 0.3) is 5.91 Å². The van der Waals surface area contributed by atoms with E-state index in [-0.39, 0.29) is 23.6 Å². The van der Waals surface area contributed by atoms with Crippen LogP contribution >= 0.6 is 11.3 Å². The number of thiophene rings is 1. The first-order chi connectivity index (χ1) is 17.1. The predicted octanol–water partition coefficient (Wildman–Crippen LogP) is 5.86. The Morgan fingerprint density at radius 2 is 1.97 bits per heavy atom. The molecule has 0 saturated heterocycles. The number of rotatable bonds is 5. The molecule has 0 bridgehead atoms. The second-order valence-electron chi connectivity index (χ2n) is 8.64. The molecule has 1 aliphatic rings. The van der Waals surface area contributed by atoms with E-state index in [1.165, 1.54) is 23.5 Å². The summed E-state index contributed by atoms with van der Waals surface area (Å²) in [5.74, 6) is -0.912. The zero-order valence-corrected chi connectivity index (χ0v) is 20.1. The van der Waals surface area contributed by atoms with Gasteiger partial charge in [-0.25, -0.2) is 9.07 Å². The van der Waals surface area contributed by atoms with Crippen molar-refractivity contribution < 1.29 is 22.4 Å². The first-order valence-electron chi connectivity index (χ1n) is 11.2. The number of amides is 1. The number of aromatic nitrogens is 4. The van der Waals surface area contributed by atoms with Gasteiger partial charge in [0, 0.05) is 11.3 Å². The maximum atomic E-state index is 13.9. The number of anilines is 2. The highest BCUT2D eigenvalue weighted by Crippen LogP contribution is 2.45. The molecular weight excluding hydrogens is 496 g/mol. The van der Waals surface area contributed by atoms with E-state index in [0.717, 1.165) is 21.3 Å². The summed E-state index contributed by atoms with van der Waals surface area (Å²) in [6.07, 6.45) is -3.60. The third-order valence-electron chi connectivity index (χ3n) is 6.24. The Labute approximate surface area is 207 Å². The van der Waals surface area contributed by atoms with Crippen LogP contribution in [0.5, 0.6) is 0 Å². The fourth-order valence-electron chi connectivity index (χ4n) is 4.38. The van der Waals surface area contributed by atoms with E-state index in [1.807, 2.05) is 0 Å². The molecule has 36 heavy (non-hydrogen) atoms. The monoisotopic (exact) mass is 518 g/mol. The highest BCUT2D eigenvalue weighted by molar-refractivity contribution is 7.10. The van der Waals surface area contributed by atoms with Gasteiger partial charge in [0.15, 0.2) is 6.04 Å². The quantitative estimate of drug-likeness (QED) is 0.325. The fourth-order valence-corrected chi connectivity index (χ4v) is 5.17. The summed E-state index contributed by atoms with van der Waals surface area (Å²) in [7, 11) is 0. The summed E-state index contributed by atoms with van der Waals surface area (Å²) in [4.78, 5) is 14.0. The van der Waals surface area contributed by atoms with E-state index >= 15 is 0 Å². The lowest BCUT2D eigenvalue weighted by atomic mass is 10.0. The molecule has 4 heterocycles. The number of hydrogen-bond donors (Lipinski definition) is 2. The number of carbonyl (C=O) groups excluding carboxylic acids is 1. The smallest absolute Gasteiger partial charge is 0.362 e. The number of alkyl halides is 3. The standard InChI is InChI=1S/C24H22F4N6OS/c1-13-21(14(2)33(32-13)12-15-5-7-16(25)8-6-15)31-23(35)17-11-29-34-20(24(26,27)28)10-18(30-22(17)34)19-4-3-9-36-19/h3-9,11,18,20,30H,10,12H2,1-2H3,(H,31,35)/t18-,20-/m1/s1. The molecule has 12 heteroatoms. The molecule has 1 aromatic carbocycles. The lowest BCUT2D eigenvalue weighted by Crippen LogP contribution is -2.36. The van der Waals surface area contributed by atoms with Gasteiger partial charge >= 0.3 is 6.18 Å². The van der Waals surface area contributed by atoms with Crippen LogP contribution in [0.25, 0.3) is 0 Å². The molecule has 188 valence electrons. The van der Waals surface area contributed by atoms with Crippen molar-refractivity contribution in [1.29, 1.82) is 0 Å². The number of aryl methyl sites for hydroxylation is 1. The van der Waals surface area contributed by atoms with Crippen LogP contribution in [0.4, 0.5) is 29.1 Å². The minimum Gasteiger partial charge on any atom is -0.362 e. The van der Waals surface area contributed by atoms with Crippen LogP contribution < -0.4 is 10.6 Å². The molecule has 0 fully saturated rings. The lowest BCUT2D eigenvalue weighted by Gasteiger charge is -2.33. The Morgan fingerprint density at radius 1 is 1.22 bits per heavy atom. The van der Waals surface area contributed by atoms with E-state index in [9.17, 15) is 22.4 Å². The first-order valence-corrected chi connectivity index (χ1v) is 12.0. The van der Waals surface area contributed by atoms with Crippen LogP contribution in [-0.4, -0.2) is 31.6 Å². The maximum absolute atomic E-state index is 13.9. The highest BCUT2D eigenvalue weighted by atomic mass is 32.1. The van der Waals surface area contributed by atoms with E-state index < -0.39 is 24.2 Å². The summed E-state index contributed by atoms with van der Waals surface area (Å²) >= 11 is 1.35. The number of nitrogens with zero attached hydrogens (tertiary/aromatic N) is 4. The second-order valence-corrected chi connectivity index (χ2v) is 9.62. The van der Waals surface area contributed by atoms with Crippen molar-refractivity contribution in [1.82, 2.24) is 19.6 Å². The van der Waals surface area contributed by atoms with Crippen molar-refractivity contribution in [2.24, 2.45) is 0 Å². The average Bonchev–Trinajstić information content (AvgIpc) is 3.56. The Morgan fingerprint density at radius 3 is 2.64 bits per heavy atom. The van der Waals surface area contributed by atoms with Crippen molar-refractivity contribution in [3.05, 3.63) is 81.2 Å². The van der Waals surface area contributed by atoms with Gasteiger partial charge in [0.2, 0.25) is 0 Å². The molecule has 0 unspecified atom stereocenters. The molecule has 5 rings (SSSR count). The zero-order valence-electron chi connectivity index (χ0n) is 19.3. The molecule has 4 aromatic rings. The van der Waals surface area contributed by atoms with Crippen LogP contribution in [-0.2, 0) is 6.54 Å². The van der Waals surface area contributed by atoms with Crippen LogP contribution in [0.1, 0.15) is 50.7 Å². The van der Waals surface area contributed by atoms with Gasteiger partial charge in [-0.2, -0.15) is 23.4 Å². The number of halogens is 4. The van der Waals surface area contributed by atoms with Gasteiger partial charge in [-0.1, -0.05) is 18.2 Å². The number of benzene rings is 1. The van der Waals surface area contributed by atoms with E-state index in [1.54, 1.807) is 48.2 Å². The third-order valence-corrected chi connectivity index (χ3v) is 7.22. The van der Waals surface area contributed by atoms with Gasteiger partial charge in [-0.05, 0) is 43.0 Å². The molecule has 2 atom stereocenters. The summed E-state index contributed by atoms with van der Waals surface area (Å²) < 4.78 is 57.4. The van der Waals surface area contributed by atoms with Crippen LogP contribution in [0.15, 0.2) is 48.0 Å². The Kier molecular flexibility index (Phi) is 6.07. The molecule has 1 amide bonds. The molecular formula is C24H22F4N6OS. The van der Waals surface area contributed by atoms with Crippen molar-refractivity contribution in [2.45, 2.75) is 45.1 Å². The van der Waals surface area contributed by atoms with Gasteiger partial charge in [0.05, 0.1) is 35.9 Å². The van der Waals surface area contributed by atoms with Crippen LogP contribution in [0, 0.1) is 19.7 Å². The van der Waals surface area contributed by atoms with Crippen molar-refractivity contribution in [3.63, 3.8) is 0 Å². The van der Waals surface area contributed by atoms with Gasteiger partial charge in [-0.15, -0.1) is 11.3 Å². The Hall–Kier alpha value is -3.67. The molecule has 3 aromatic heterocycles.